The fourth-order valence-electron chi connectivity index (χ4n) is 2.91. The average molecular weight is 351 g/mol. The third kappa shape index (κ3) is 5.11. The van der Waals surface area contributed by atoms with Crippen molar-refractivity contribution in [3.63, 3.8) is 0 Å². The number of ether oxygens (including phenoxy) is 2. The molecule has 6 atom stereocenters. The number of hydrogen-bond acceptors (Lipinski definition) is 7. The Hall–Kier alpha value is -0.250. The quantitative estimate of drug-likeness (QED) is 0.656. The van der Waals surface area contributed by atoms with Gasteiger partial charge in [-0.05, 0) is 33.1 Å². The van der Waals surface area contributed by atoms with Gasteiger partial charge in [-0.1, -0.05) is 6.42 Å². The van der Waals surface area contributed by atoms with E-state index in [1.807, 2.05) is 0 Å². The molecule has 0 saturated carbocycles. The molecule has 136 valence electrons. The molecule has 0 aromatic carbocycles. The second-order valence-corrected chi connectivity index (χ2v) is 9.20. The van der Waals surface area contributed by atoms with E-state index >= 15 is 0 Å². The van der Waals surface area contributed by atoms with E-state index in [2.05, 4.69) is 4.36 Å². The van der Waals surface area contributed by atoms with Gasteiger partial charge in [-0.3, -0.25) is 0 Å². The second-order valence-electron chi connectivity index (χ2n) is 6.58. The van der Waals surface area contributed by atoms with Crippen LogP contribution in [0.25, 0.3) is 0 Å². The molecule has 1 fully saturated rings. The van der Waals surface area contributed by atoms with Gasteiger partial charge in [0, 0.05) is 27.8 Å². The fourth-order valence-corrected chi connectivity index (χ4v) is 5.09. The van der Waals surface area contributed by atoms with E-state index < -0.39 is 40.4 Å². The van der Waals surface area contributed by atoms with Crippen molar-refractivity contribution in [2.45, 2.75) is 76.3 Å². The Labute approximate surface area is 138 Å². The zero-order valence-electron chi connectivity index (χ0n) is 13.8. The van der Waals surface area contributed by atoms with E-state index in [0.29, 0.717) is 24.5 Å². The van der Waals surface area contributed by atoms with Crippen LogP contribution in [-0.2, 0) is 19.2 Å². The van der Waals surface area contributed by atoms with Crippen LogP contribution in [-0.4, -0.2) is 74.4 Å². The standard InChI is InChI=1S/C15H29NO6S/c1-10(2)21-15-14(19)13(18)12(17)11(22-15)6-9-23(20)8-5-3-4-7-16-23/h10-15,17-19H,3-9H2,1-2H3/t11-,12-,13+,14+,15+,23?/m1/s1. The van der Waals surface area contributed by atoms with Crippen molar-refractivity contribution < 1.29 is 29.0 Å². The zero-order chi connectivity index (χ0) is 17.0. The summed E-state index contributed by atoms with van der Waals surface area (Å²) < 4.78 is 28.1. The van der Waals surface area contributed by atoms with Gasteiger partial charge in [0.1, 0.15) is 18.3 Å². The SMILES string of the molecule is CC(C)O[C@H]1O[C@H](CCS2(=O)=NCCCCC2)[C@@H](O)[C@H](O)[C@@H]1O. The van der Waals surface area contributed by atoms with Gasteiger partial charge in [0.2, 0.25) is 0 Å². The Morgan fingerprint density at radius 1 is 1.17 bits per heavy atom. The van der Waals surface area contributed by atoms with Gasteiger partial charge in [0.15, 0.2) is 6.29 Å². The van der Waals surface area contributed by atoms with Gasteiger partial charge >= 0.3 is 0 Å². The summed E-state index contributed by atoms with van der Waals surface area (Å²) in [6.07, 6.45) is -2.58. The Balaban J connectivity index is 2.00. The van der Waals surface area contributed by atoms with Crippen LogP contribution in [0.3, 0.4) is 0 Å². The maximum absolute atomic E-state index is 12.7. The predicted octanol–water partition coefficient (Wildman–Crippen LogP) is 0.261. The summed E-state index contributed by atoms with van der Waals surface area (Å²) in [6, 6.07) is 0. The Bertz CT molecular complexity index is 490. The van der Waals surface area contributed by atoms with Gasteiger partial charge in [0.25, 0.3) is 0 Å². The van der Waals surface area contributed by atoms with Crippen molar-refractivity contribution in [2.75, 3.05) is 18.1 Å². The maximum atomic E-state index is 12.7. The number of aliphatic hydroxyl groups is 3. The minimum atomic E-state index is -2.27. The zero-order valence-corrected chi connectivity index (χ0v) is 14.7. The molecule has 0 amide bonds. The molecule has 2 aliphatic rings. The van der Waals surface area contributed by atoms with Crippen LogP contribution in [0.15, 0.2) is 4.36 Å². The van der Waals surface area contributed by atoms with E-state index in [1.54, 1.807) is 13.8 Å². The number of hydrogen-bond donors (Lipinski definition) is 3. The van der Waals surface area contributed by atoms with E-state index in [9.17, 15) is 19.5 Å². The Morgan fingerprint density at radius 2 is 1.91 bits per heavy atom. The lowest BCUT2D eigenvalue weighted by Gasteiger charge is -2.41. The summed E-state index contributed by atoms with van der Waals surface area (Å²) in [5.41, 5.74) is 0. The first kappa shape index (κ1) is 19.1. The molecule has 0 bridgehead atoms. The highest BCUT2D eigenvalue weighted by molar-refractivity contribution is 7.93. The first-order valence-corrected chi connectivity index (χ1v) is 10.2. The van der Waals surface area contributed by atoms with Crippen molar-refractivity contribution in [2.24, 2.45) is 4.36 Å². The smallest absolute Gasteiger partial charge is 0.186 e. The minimum Gasteiger partial charge on any atom is -0.388 e. The summed E-state index contributed by atoms with van der Waals surface area (Å²) in [7, 11) is -2.27. The highest BCUT2D eigenvalue weighted by Gasteiger charge is 2.44. The number of aliphatic hydroxyl groups excluding tert-OH is 3. The van der Waals surface area contributed by atoms with Gasteiger partial charge in [-0.15, -0.1) is 0 Å². The average Bonchev–Trinajstić information content (AvgIpc) is 2.71. The monoisotopic (exact) mass is 351 g/mol. The molecule has 7 nitrogen and oxygen atoms in total. The lowest BCUT2D eigenvalue weighted by molar-refractivity contribution is -0.304. The molecule has 2 rings (SSSR count). The van der Waals surface area contributed by atoms with Crippen molar-refractivity contribution in [1.82, 2.24) is 0 Å². The van der Waals surface area contributed by atoms with E-state index in [4.69, 9.17) is 9.47 Å². The first-order valence-electron chi connectivity index (χ1n) is 8.36. The van der Waals surface area contributed by atoms with Crippen LogP contribution in [0.1, 0.15) is 39.5 Å². The summed E-state index contributed by atoms with van der Waals surface area (Å²) in [5.74, 6) is 0.902. The molecule has 8 heteroatoms. The maximum Gasteiger partial charge on any atom is 0.186 e. The molecule has 0 aliphatic carbocycles. The molecule has 1 saturated heterocycles. The molecule has 3 N–H and O–H groups in total. The molecular weight excluding hydrogens is 322 g/mol. The third-order valence-electron chi connectivity index (χ3n) is 4.24. The lowest BCUT2D eigenvalue weighted by atomic mass is 9.97. The molecule has 2 aliphatic heterocycles. The summed E-state index contributed by atoms with van der Waals surface area (Å²) in [6.45, 7) is 4.21. The lowest BCUT2D eigenvalue weighted by Crippen LogP contribution is -2.58. The topological polar surface area (TPSA) is 109 Å². The van der Waals surface area contributed by atoms with Crippen LogP contribution in [0.4, 0.5) is 0 Å². The molecule has 23 heavy (non-hydrogen) atoms. The van der Waals surface area contributed by atoms with Crippen molar-refractivity contribution in [3.8, 4) is 0 Å². The predicted molar refractivity (Wildman–Crippen MR) is 86.5 cm³/mol. The van der Waals surface area contributed by atoms with Crippen LogP contribution >= 0.6 is 0 Å². The third-order valence-corrected chi connectivity index (χ3v) is 6.70. The summed E-state index contributed by atoms with van der Waals surface area (Å²) >= 11 is 0. The molecule has 0 radical (unpaired) electrons. The van der Waals surface area contributed by atoms with E-state index in [1.165, 1.54) is 0 Å². The van der Waals surface area contributed by atoms with Gasteiger partial charge in [-0.25, -0.2) is 8.57 Å². The van der Waals surface area contributed by atoms with Crippen molar-refractivity contribution in [3.05, 3.63) is 0 Å². The minimum absolute atomic E-state index is 0.189. The van der Waals surface area contributed by atoms with E-state index in [-0.39, 0.29) is 6.10 Å². The van der Waals surface area contributed by atoms with Crippen LogP contribution < -0.4 is 0 Å². The number of rotatable bonds is 5. The normalized spacial score (nSPS) is 42.3. The molecule has 1 unspecified atom stereocenters. The molecule has 0 aromatic heterocycles. The second kappa shape index (κ2) is 8.22. The van der Waals surface area contributed by atoms with E-state index in [0.717, 1.165) is 19.3 Å². The summed E-state index contributed by atoms with van der Waals surface area (Å²) in [4.78, 5) is 0. The fraction of sp³-hybridized carbons (Fsp3) is 1.00. The highest BCUT2D eigenvalue weighted by atomic mass is 32.2. The molecule has 0 aromatic rings. The Kier molecular flexibility index (Phi) is 6.82. The molecular formula is C15H29NO6S. The van der Waals surface area contributed by atoms with Gasteiger partial charge in [0.05, 0.1) is 12.2 Å². The molecule has 2 heterocycles. The van der Waals surface area contributed by atoms with Crippen LogP contribution in [0.5, 0.6) is 0 Å². The highest BCUT2D eigenvalue weighted by Crippen LogP contribution is 2.26. The Morgan fingerprint density at radius 3 is 2.61 bits per heavy atom. The number of nitrogens with zero attached hydrogens (tertiary/aromatic N) is 1. The van der Waals surface area contributed by atoms with Crippen molar-refractivity contribution in [1.29, 1.82) is 0 Å². The van der Waals surface area contributed by atoms with Gasteiger partial charge in [-0.2, -0.15) is 0 Å². The molecule has 0 spiro atoms. The van der Waals surface area contributed by atoms with Crippen LogP contribution in [0, 0.1) is 0 Å². The van der Waals surface area contributed by atoms with Gasteiger partial charge < -0.3 is 24.8 Å². The first-order chi connectivity index (χ1) is 10.8. The summed E-state index contributed by atoms with van der Waals surface area (Å²) in [5, 5.41) is 30.1. The van der Waals surface area contributed by atoms with Crippen LogP contribution in [0.2, 0.25) is 0 Å². The largest absolute Gasteiger partial charge is 0.388 e. The van der Waals surface area contributed by atoms with Crippen molar-refractivity contribution >= 4 is 9.73 Å².